The number of fused-ring (bicyclic) bond motifs is 2. The fourth-order valence-corrected chi connectivity index (χ4v) is 4.72. The smallest absolute Gasteiger partial charge is 0.0689 e. The summed E-state index contributed by atoms with van der Waals surface area (Å²) in [5.74, 6) is 2.95. The maximum atomic E-state index is 9.52. The molecular formula is C15H23N. The molecule has 0 aromatic rings. The molecule has 88 valence electrons. The molecule has 1 nitrogen and oxygen atoms in total. The zero-order valence-electron chi connectivity index (χ0n) is 10.3. The van der Waals surface area contributed by atoms with Gasteiger partial charge in [-0.05, 0) is 56.3 Å². The third-order valence-corrected chi connectivity index (χ3v) is 5.59. The van der Waals surface area contributed by atoms with Crippen molar-refractivity contribution in [2.45, 2.75) is 64.2 Å². The molecular weight excluding hydrogens is 194 g/mol. The van der Waals surface area contributed by atoms with Crippen LogP contribution in [0.5, 0.6) is 0 Å². The van der Waals surface area contributed by atoms with Gasteiger partial charge < -0.3 is 0 Å². The SMILES string of the molecule is N#CC1(CC2CC3CCC2C3)CCCCC1. The minimum Gasteiger partial charge on any atom is -0.198 e. The van der Waals surface area contributed by atoms with Crippen LogP contribution in [0.2, 0.25) is 0 Å². The average molecular weight is 217 g/mol. The summed E-state index contributed by atoms with van der Waals surface area (Å²) in [6.07, 6.45) is 13.5. The number of hydrogen-bond acceptors (Lipinski definition) is 1. The van der Waals surface area contributed by atoms with E-state index in [0.29, 0.717) is 0 Å². The molecule has 0 heterocycles. The van der Waals surface area contributed by atoms with Crippen LogP contribution in [0, 0.1) is 34.5 Å². The van der Waals surface area contributed by atoms with E-state index in [2.05, 4.69) is 6.07 Å². The van der Waals surface area contributed by atoms with Crippen LogP contribution >= 0.6 is 0 Å². The maximum absolute atomic E-state index is 9.52. The van der Waals surface area contributed by atoms with Gasteiger partial charge in [-0.1, -0.05) is 25.7 Å². The molecule has 3 atom stereocenters. The number of rotatable bonds is 2. The van der Waals surface area contributed by atoms with Crippen LogP contribution in [0.15, 0.2) is 0 Å². The summed E-state index contributed by atoms with van der Waals surface area (Å²) in [6.45, 7) is 0. The molecule has 3 aliphatic rings. The largest absolute Gasteiger partial charge is 0.198 e. The number of hydrogen-bond donors (Lipinski definition) is 0. The average Bonchev–Trinajstić information content (AvgIpc) is 2.92. The predicted octanol–water partition coefficient (Wildman–Crippen LogP) is 4.29. The molecule has 0 aromatic carbocycles. The Balaban J connectivity index is 1.66. The monoisotopic (exact) mass is 217 g/mol. The van der Waals surface area contributed by atoms with Crippen molar-refractivity contribution in [2.75, 3.05) is 0 Å². The van der Waals surface area contributed by atoms with Crippen LogP contribution in [-0.2, 0) is 0 Å². The van der Waals surface area contributed by atoms with Gasteiger partial charge in [0.25, 0.3) is 0 Å². The van der Waals surface area contributed by atoms with Crippen LogP contribution < -0.4 is 0 Å². The van der Waals surface area contributed by atoms with Gasteiger partial charge in [-0.15, -0.1) is 0 Å². The van der Waals surface area contributed by atoms with Gasteiger partial charge in [0, 0.05) is 0 Å². The van der Waals surface area contributed by atoms with Crippen LogP contribution in [0.4, 0.5) is 0 Å². The molecule has 2 bridgehead atoms. The van der Waals surface area contributed by atoms with Crippen LogP contribution in [0.1, 0.15) is 64.2 Å². The van der Waals surface area contributed by atoms with E-state index in [-0.39, 0.29) is 5.41 Å². The molecule has 3 rings (SSSR count). The third-order valence-electron chi connectivity index (χ3n) is 5.59. The number of nitrogens with zero attached hydrogens (tertiary/aromatic N) is 1. The van der Waals surface area contributed by atoms with E-state index in [1.165, 1.54) is 64.2 Å². The normalized spacial score (nSPS) is 40.8. The first-order valence-corrected chi connectivity index (χ1v) is 7.23. The Morgan fingerprint density at radius 3 is 2.44 bits per heavy atom. The Morgan fingerprint density at radius 2 is 1.88 bits per heavy atom. The highest BCUT2D eigenvalue weighted by molar-refractivity contribution is 5.04. The van der Waals surface area contributed by atoms with Crippen molar-refractivity contribution < 1.29 is 0 Å². The van der Waals surface area contributed by atoms with E-state index in [4.69, 9.17) is 0 Å². The zero-order valence-corrected chi connectivity index (χ0v) is 10.3. The van der Waals surface area contributed by atoms with E-state index < -0.39 is 0 Å². The highest BCUT2D eigenvalue weighted by atomic mass is 14.5. The summed E-state index contributed by atoms with van der Waals surface area (Å²) < 4.78 is 0. The lowest BCUT2D eigenvalue weighted by Crippen LogP contribution is -2.27. The molecule has 3 saturated carbocycles. The Hall–Kier alpha value is -0.510. The Bertz CT molecular complexity index is 295. The lowest BCUT2D eigenvalue weighted by atomic mass is 9.67. The molecule has 0 radical (unpaired) electrons. The van der Waals surface area contributed by atoms with Crippen LogP contribution in [-0.4, -0.2) is 0 Å². The van der Waals surface area contributed by atoms with Crippen molar-refractivity contribution in [1.29, 1.82) is 5.26 Å². The van der Waals surface area contributed by atoms with Crippen LogP contribution in [0.3, 0.4) is 0 Å². The van der Waals surface area contributed by atoms with E-state index in [9.17, 15) is 5.26 Å². The van der Waals surface area contributed by atoms with Crippen molar-refractivity contribution in [2.24, 2.45) is 23.2 Å². The van der Waals surface area contributed by atoms with Gasteiger partial charge in [0.05, 0.1) is 11.5 Å². The van der Waals surface area contributed by atoms with Crippen molar-refractivity contribution in [3.8, 4) is 6.07 Å². The molecule has 3 unspecified atom stereocenters. The van der Waals surface area contributed by atoms with Crippen molar-refractivity contribution >= 4 is 0 Å². The second kappa shape index (κ2) is 4.06. The van der Waals surface area contributed by atoms with Crippen molar-refractivity contribution in [1.82, 2.24) is 0 Å². The first-order chi connectivity index (χ1) is 7.81. The minimum absolute atomic E-state index is 0.0907. The second-order valence-corrected chi connectivity index (χ2v) is 6.59. The Labute approximate surface area is 99.2 Å². The summed E-state index contributed by atoms with van der Waals surface area (Å²) in [7, 11) is 0. The van der Waals surface area contributed by atoms with E-state index >= 15 is 0 Å². The maximum Gasteiger partial charge on any atom is 0.0689 e. The second-order valence-electron chi connectivity index (χ2n) is 6.59. The van der Waals surface area contributed by atoms with Gasteiger partial charge in [-0.2, -0.15) is 5.26 Å². The summed E-state index contributed by atoms with van der Waals surface area (Å²) in [5, 5.41) is 9.52. The predicted molar refractivity (Wildman–Crippen MR) is 64.7 cm³/mol. The Kier molecular flexibility index (Phi) is 2.70. The van der Waals surface area contributed by atoms with Crippen molar-refractivity contribution in [3.63, 3.8) is 0 Å². The molecule has 16 heavy (non-hydrogen) atoms. The van der Waals surface area contributed by atoms with Crippen molar-refractivity contribution in [3.05, 3.63) is 0 Å². The van der Waals surface area contributed by atoms with E-state index in [1.807, 2.05) is 0 Å². The fourth-order valence-electron chi connectivity index (χ4n) is 4.72. The third kappa shape index (κ3) is 1.77. The van der Waals surface area contributed by atoms with Gasteiger partial charge >= 0.3 is 0 Å². The van der Waals surface area contributed by atoms with Gasteiger partial charge in [0.15, 0.2) is 0 Å². The standard InChI is InChI=1S/C15H23N/c16-11-15(6-2-1-3-7-15)10-14-9-12-4-5-13(14)8-12/h12-14H,1-10H2. The molecule has 0 N–H and O–H groups in total. The molecule has 0 spiro atoms. The number of nitriles is 1. The Morgan fingerprint density at radius 1 is 1.06 bits per heavy atom. The van der Waals surface area contributed by atoms with E-state index in [0.717, 1.165) is 17.8 Å². The lowest BCUT2D eigenvalue weighted by Gasteiger charge is -2.35. The van der Waals surface area contributed by atoms with Gasteiger partial charge in [-0.25, -0.2) is 0 Å². The van der Waals surface area contributed by atoms with Gasteiger partial charge in [-0.3, -0.25) is 0 Å². The fraction of sp³-hybridized carbons (Fsp3) is 0.933. The zero-order chi connectivity index (χ0) is 11.0. The summed E-state index contributed by atoms with van der Waals surface area (Å²) in [6, 6.07) is 2.70. The molecule has 1 heteroatoms. The summed E-state index contributed by atoms with van der Waals surface area (Å²) in [4.78, 5) is 0. The lowest BCUT2D eigenvalue weighted by molar-refractivity contribution is 0.174. The minimum atomic E-state index is 0.0907. The first-order valence-electron chi connectivity index (χ1n) is 7.23. The molecule has 3 aliphatic carbocycles. The molecule has 0 saturated heterocycles. The first kappa shape index (κ1) is 10.6. The topological polar surface area (TPSA) is 23.8 Å². The van der Waals surface area contributed by atoms with E-state index in [1.54, 1.807) is 0 Å². The molecule has 0 aliphatic heterocycles. The molecule has 0 aromatic heterocycles. The highest BCUT2D eigenvalue weighted by Crippen LogP contribution is 2.53. The van der Waals surface area contributed by atoms with Gasteiger partial charge in [0.2, 0.25) is 0 Å². The summed E-state index contributed by atoms with van der Waals surface area (Å²) >= 11 is 0. The van der Waals surface area contributed by atoms with Gasteiger partial charge in [0.1, 0.15) is 0 Å². The van der Waals surface area contributed by atoms with Crippen LogP contribution in [0.25, 0.3) is 0 Å². The molecule has 0 amide bonds. The quantitative estimate of drug-likeness (QED) is 0.677. The highest BCUT2D eigenvalue weighted by Gasteiger charge is 2.44. The summed E-state index contributed by atoms with van der Waals surface area (Å²) in [5.41, 5.74) is 0.0907. The molecule has 3 fully saturated rings.